The number of hydrogen-bond donors (Lipinski definition) is 1. The number of anilines is 2. The number of amides is 3. The number of aliphatic imine (C=N–C) groups is 1. The van der Waals surface area contributed by atoms with E-state index >= 15 is 0 Å². The van der Waals surface area contributed by atoms with Gasteiger partial charge in [-0.05, 0) is 30.3 Å². The molecule has 0 saturated carbocycles. The normalized spacial score (nSPS) is 17.1. The molecule has 12 heteroatoms. The average Bonchev–Trinajstić information content (AvgIpc) is 2.88. The number of para-hydroxylation sites is 1. The summed E-state index contributed by atoms with van der Waals surface area (Å²) in [5.74, 6) is -1.94. The van der Waals surface area contributed by atoms with Gasteiger partial charge in [0.1, 0.15) is 5.82 Å². The molecule has 158 valence electrons. The van der Waals surface area contributed by atoms with Crippen LogP contribution in [0.4, 0.5) is 20.6 Å². The molecule has 0 radical (unpaired) electrons. The maximum atomic E-state index is 14.3. The Morgan fingerprint density at radius 1 is 1.07 bits per heavy atom. The van der Waals surface area contributed by atoms with Gasteiger partial charge in [-0.3, -0.25) is 9.69 Å². The number of urea groups is 1. The summed E-state index contributed by atoms with van der Waals surface area (Å²) in [6.45, 7) is 0. The molecule has 3 amide bonds. The minimum atomic E-state index is -2.05. The molecule has 2 aromatic carbocycles. The molecule has 1 heterocycles. The number of imide groups is 1. The third kappa shape index (κ3) is 4.60. The van der Waals surface area contributed by atoms with Crippen LogP contribution in [0.25, 0.3) is 0 Å². The fourth-order valence-electron chi connectivity index (χ4n) is 2.59. The fraction of sp³-hybridized carbons (Fsp3) is 0.167. The van der Waals surface area contributed by atoms with Gasteiger partial charge in [-0.2, -0.15) is 0 Å². The molecule has 0 aliphatic carbocycles. The molecule has 30 heavy (non-hydrogen) atoms. The number of amidine groups is 1. The zero-order valence-electron chi connectivity index (χ0n) is 15.0. The van der Waals surface area contributed by atoms with E-state index in [1.165, 1.54) is 37.4 Å². The molecule has 2 aromatic rings. The number of carbonyl (C=O) groups is 2. The topological polar surface area (TPSA) is 65.0 Å². The van der Waals surface area contributed by atoms with Crippen LogP contribution in [0.5, 0.6) is 0 Å². The first kappa shape index (κ1) is 22.9. The van der Waals surface area contributed by atoms with Crippen molar-refractivity contribution in [2.45, 2.75) is 9.96 Å². The van der Waals surface area contributed by atoms with E-state index in [2.05, 4.69) is 10.3 Å². The van der Waals surface area contributed by atoms with Crippen LogP contribution in [0.15, 0.2) is 47.5 Å². The molecule has 1 N–H and O–H groups in total. The van der Waals surface area contributed by atoms with Crippen molar-refractivity contribution >= 4 is 87.2 Å². The summed E-state index contributed by atoms with van der Waals surface area (Å²) in [5, 5.41) is 3.36. The standard InChI is InChI=1S/C18H12Cl5FN4O2/c1-27-15(29)14(28(17(27)30)13-5-3-2-4-12(13)24)26-16(18(21,22)23)25-9-6-7-10(19)11(20)8-9/h2-8,16,25H,1H3. The number of hydrogen-bond acceptors (Lipinski definition) is 4. The molecule has 0 aromatic heterocycles. The maximum Gasteiger partial charge on any atom is 0.337 e. The van der Waals surface area contributed by atoms with Gasteiger partial charge in [-0.1, -0.05) is 70.1 Å². The van der Waals surface area contributed by atoms with Crippen molar-refractivity contribution in [1.82, 2.24) is 4.90 Å². The first-order valence-corrected chi connectivity index (χ1v) is 10.1. The molecule has 6 nitrogen and oxygen atoms in total. The third-order valence-electron chi connectivity index (χ3n) is 4.06. The highest BCUT2D eigenvalue weighted by molar-refractivity contribution is 6.68. The van der Waals surface area contributed by atoms with E-state index in [1.807, 2.05) is 0 Å². The van der Waals surface area contributed by atoms with Gasteiger partial charge in [0.15, 0.2) is 6.17 Å². The van der Waals surface area contributed by atoms with Crippen LogP contribution in [0.3, 0.4) is 0 Å². The number of carbonyl (C=O) groups excluding carboxylic acids is 2. The van der Waals surface area contributed by atoms with Crippen LogP contribution >= 0.6 is 58.0 Å². The van der Waals surface area contributed by atoms with E-state index in [0.29, 0.717) is 10.7 Å². The number of benzene rings is 2. The van der Waals surface area contributed by atoms with Crippen LogP contribution in [0.1, 0.15) is 0 Å². The van der Waals surface area contributed by atoms with Crippen molar-refractivity contribution in [3.05, 3.63) is 58.3 Å². The zero-order valence-corrected chi connectivity index (χ0v) is 18.8. The van der Waals surface area contributed by atoms with Crippen molar-refractivity contribution < 1.29 is 14.0 Å². The molecule has 1 saturated heterocycles. The van der Waals surface area contributed by atoms with E-state index in [9.17, 15) is 14.0 Å². The van der Waals surface area contributed by atoms with Crippen LogP contribution in [-0.2, 0) is 4.79 Å². The van der Waals surface area contributed by atoms with Gasteiger partial charge < -0.3 is 5.32 Å². The molecule has 1 aliphatic rings. The molecule has 1 unspecified atom stereocenters. The van der Waals surface area contributed by atoms with Gasteiger partial charge >= 0.3 is 6.03 Å². The van der Waals surface area contributed by atoms with Crippen molar-refractivity contribution in [2.75, 3.05) is 17.3 Å². The smallest absolute Gasteiger partial charge is 0.337 e. The monoisotopic (exact) mass is 510 g/mol. The number of rotatable bonds is 4. The quantitative estimate of drug-likeness (QED) is 0.420. The summed E-state index contributed by atoms with van der Waals surface area (Å²) in [6.07, 6.45) is -1.34. The minimum Gasteiger partial charge on any atom is -0.360 e. The van der Waals surface area contributed by atoms with Gasteiger partial charge in [0.25, 0.3) is 5.91 Å². The summed E-state index contributed by atoms with van der Waals surface area (Å²) in [6, 6.07) is 9.15. The van der Waals surface area contributed by atoms with Gasteiger partial charge in [0, 0.05) is 12.7 Å². The van der Waals surface area contributed by atoms with E-state index in [0.717, 1.165) is 15.9 Å². The number of halogens is 6. The lowest BCUT2D eigenvalue weighted by molar-refractivity contribution is -0.119. The second kappa shape index (κ2) is 8.77. The van der Waals surface area contributed by atoms with Gasteiger partial charge in [-0.15, -0.1) is 0 Å². The number of alkyl halides is 3. The Hall–Kier alpha value is -1.77. The highest BCUT2D eigenvalue weighted by Gasteiger charge is 2.44. The summed E-state index contributed by atoms with van der Waals surface area (Å²) in [4.78, 5) is 31.0. The van der Waals surface area contributed by atoms with Crippen molar-refractivity contribution in [1.29, 1.82) is 0 Å². The van der Waals surface area contributed by atoms with E-state index in [-0.39, 0.29) is 10.7 Å². The highest BCUT2D eigenvalue weighted by Crippen LogP contribution is 2.35. The van der Waals surface area contributed by atoms with Gasteiger partial charge in [0.2, 0.25) is 9.63 Å². The lowest BCUT2D eigenvalue weighted by Crippen LogP contribution is -2.38. The first-order valence-electron chi connectivity index (χ1n) is 8.23. The molecular formula is C18H12Cl5FN4O2. The largest absolute Gasteiger partial charge is 0.360 e. The van der Waals surface area contributed by atoms with Crippen LogP contribution < -0.4 is 10.2 Å². The average molecular weight is 513 g/mol. The lowest BCUT2D eigenvalue weighted by atomic mass is 10.2. The summed E-state index contributed by atoms with van der Waals surface area (Å²) >= 11 is 30.0. The van der Waals surface area contributed by atoms with Crippen LogP contribution in [0.2, 0.25) is 10.0 Å². The molecule has 0 spiro atoms. The SMILES string of the molecule is CN1C(=O)C(=NC(Nc2ccc(Cl)c(Cl)c2)C(Cl)(Cl)Cl)N(c2ccccc2F)C1=O. The van der Waals surface area contributed by atoms with E-state index < -0.39 is 33.5 Å². The second-order valence-corrected chi connectivity index (χ2v) is 9.29. The number of nitrogens with one attached hydrogen (secondary N) is 1. The molecule has 1 atom stereocenters. The Balaban J connectivity index is 2.07. The summed E-state index contributed by atoms with van der Waals surface area (Å²) in [7, 11) is 1.23. The second-order valence-electron chi connectivity index (χ2n) is 6.10. The Kier molecular flexibility index (Phi) is 6.69. The van der Waals surface area contributed by atoms with E-state index in [4.69, 9.17) is 58.0 Å². The zero-order chi connectivity index (χ0) is 22.2. The molecule has 1 fully saturated rings. The third-order valence-corrected chi connectivity index (χ3v) is 5.42. The van der Waals surface area contributed by atoms with E-state index in [1.54, 1.807) is 6.07 Å². The molecule has 1 aliphatic heterocycles. The van der Waals surface area contributed by atoms with Crippen molar-refractivity contribution in [3.63, 3.8) is 0 Å². The van der Waals surface area contributed by atoms with Gasteiger partial charge in [0.05, 0.1) is 15.7 Å². The fourth-order valence-corrected chi connectivity index (χ4v) is 3.20. The Labute approximate surface area is 196 Å². The molecule has 0 bridgehead atoms. The maximum absolute atomic E-state index is 14.3. The van der Waals surface area contributed by atoms with Crippen LogP contribution in [-0.4, -0.2) is 39.7 Å². The van der Waals surface area contributed by atoms with Crippen molar-refractivity contribution in [2.24, 2.45) is 4.99 Å². The molecular weight excluding hydrogens is 500 g/mol. The number of likely N-dealkylation sites (N-methyl/N-ethyl adjacent to an activating group) is 1. The minimum absolute atomic E-state index is 0.170. The number of nitrogens with zero attached hydrogens (tertiary/aromatic N) is 3. The molecule has 3 rings (SSSR count). The van der Waals surface area contributed by atoms with Gasteiger partial charge in [-0.25, -0.2) is 19.1 Å². The summed E-state index contributed by atoms with van der Waals surface area (Å²) in [5.41, 5.74) is 0.212. The van der Waals surface area contributed by atoms with Crippen molar-refractivity contribution in [3.8, 4) is 0 Å². The Morgan fingerprint density at radius 3 is 2.33 bits per heavy atom. The first-order chi connectivity index (χ1) is 14.0. The summed E-state index contributed by atoms with van der Waals surface area (Å²) < 4.78 is 12.3. The van der Waals surface area contributed by atoms with Crippen LogP contribution in [0, 0.1) is 5.82 Å². The predicted octanol–water partition coefficient (Wildman–Crippen LogP) is 5.74. The lowest BCUT2D eigenvalue weighted by Gasteiger charge is -2.25. The predicted molar refractivity (Wildman–Crippen MR) is 119 cm³/mol. The Morgan fingerprint density at radius 2 is 1.73 bits per heavy atom. The Bertz CT molecular complexity index is 1040. The highest BCUT2D eigenvalue weighted by atomic mass is 35.6.